The maximum absolute atomic E-state index is 13.3. The first-order chi connectivity index (χ1) is 18.3. The minimum Gasteiger partial charge on any atom is -0.694 e. The van der Waals surface area contributed by atoms with E-state index in [0.29, 0.717) is 19.1 Å². The van der Waals surface area contributed by atoms with Crippen LogP contribution in [0, 0.1) is 36.3 Å². The van der Waals surface area contributed by atoms with E-state index >= 15 is 0 Å². The summed E-state index contributed by atoms with van der Waals surface area (Å²) in [4.78, 5) is 15.4. The van der Waals surface area contributed by atoms with Crippen LogP contribution < -0.4 is 43.4 Å². The third-order valence-electron chi connectivity index (χ3n) is 7.04. The van der Waals surface area contributed by atoms with Gasteiger partial charge in [-0.2, -0.15) is 18.2 Å². The van der Waals surface area contributed by atoms with Crippen molar-refractivity contribution in [3.8, 4) is 11.8 Å². The Morgan fingerprint density at radius 3 is 1.84 bits per heavy atom. The molecule has 0 aliphatic rings. The average molecular weight is 631 g/mol. The van der Waals surface area contributed by atoms with Crippen molar-refractivity contribution in [1.29, 1.82) is 0 Å². The summed E-state index contributed by atoms with van der Waals surface area (Å²) in [6.07, 6.45) is 9.14. The predicted molar refractivity (Wildman–Crippen MR) is 157 cm³/mol. The number of halogens is 5. The summed E-state index contributed by atoms with van der Waals surface area (Å²) in [5.41, 5.74) is -3.49. The molecule has 1 aromatic heterocycles. The Hall–Kier alpha value is -1.32. The van der Waals surface area contributed by atoms with Gasteiger partial charge in [-0.1, -0.05) is 41.5 Å². The summed E-state index contributed by atoms with van der Waals surface area (Å²) in [6.45, 7) is 24.5. The van der Waals surface area contributed by atoms with Crippen LogP contribution in [0.1, 0.15) is 60.6 Å². The van der Waals surface area contributed by atoms with Crippen LogP contribution in [0.3, 0.4) is 0 Å². The Morgan fingerprint density at radius 2 is 1.44 bits per heavy atom. The standard InChI is InChI=1S/2C10H19OSi.C9H3F5N2O.2Li/c1-8-9(2)11-12(6,7)10(3,4)5;1-7-8-9-11-12(5,6)10(2,3)4;10-3-1-2-4-5(6(3)11)7(9(12,13)14)16-8(17)15-4;;/h9H,2-7H3;8-9H2,2-6H3;1-2H,(H,15,16,17);;/q2*-1;;2*+1. The number of fused-ring (bicyclic) bond motifs is 1. The van der Waals surface area contributed by atoms with E-state index in [1.165, 1.54) is 4.98 Å². The Labute approximate surface area is 279 Å². The van der Waals surface area contributed by atoms with Crippen LogP contribution in [-0.2, 0) is 15.0 Å². The molecule has 1 N–H and O–H groups in total. The molecule has 0 fully saturated rings. The van der Waals surface area contributed by atoms with Gasteiger partial charge in [-0.05, 0) is 61.7 Å². The molecule has 5 nitrogen and oxygen atoms in total. The number of aromatic amines is 1. The summed E-state index contributed by atoms with van der Waals surface area (Å²) in [5, 5.41) is -0.593. The van der Waals surface area contributed by atoms with Crippen molar-refractivity contribution in [3.63, 3.8) is 0 Å². The van der Waals surface area contributed by atoms with Crippen molar-refractivity contribution < 1.29 is 68.5 Å². The average Bonchev–Trinajstić information content (AvgIpc) is 2.79. The van der Waals surface area contributed by atoms with Gasteiger partial charge in [0.1, 0.15) is 5.69 Å². The van der Waals surface area contributed by atoms with Crippen LogP contribution in [0.4, 0.5) is 22.0 Å². The molecule has 0 saturated heterocycles. The monoisotopic (exact) mass is 630 g/mol. The van der Waals surface area contributed by atoms with Crippen LogP contribution in [-0.4, -0.2) is 39.3 Å². The summed E-state index contributed by atoms with van der Waals surface area (Å²) >= 11 is 0. The van der Waals surface area contributed by atoms with Gasteiger partial charge in [0.05, 0.1) is 17.0 Å². The zero-order valence-corrected chi connectivity index (χ0v) is 29.7. The van der Waals surface area contributed by atoms with E-state index in [0.717, 1.165) is 6.07 Å². The molecule has 0 spiro atoms. The van der Waals surface area contributed by atoms with E-state index in [1.807, 2.05) is 6.92 Å². The molecule has 0 radical (unpaired) electrons. The van der Waals surface area contributed by atoms with E-state index in [2.05, 4.69) is 84.6 Å². The Kier molecular flexibility index (Phi) is 19.3. The van der Waals surface area contributed by atoms with Gasteiger partial charge in [-0.25, -0.2) is 13.6 Å². The SMILES string of the molecule is O=c1nc2ccc(F)c(F)c2c(C(F)(F)F)[nH]1.[C-]#CC(C)O[Si](C)(C)C(C)(C)C.[C-]#CCCO[Si](C)(C)C(C)(C)C.[Li+].[Li+]. The third kappa shape index (κ3) is 14.5. The Bertz CT molecular complexity index is 1310. The van der Waals surface area contributed by atoms with Gasteiger partial charge in [-0.15, -0.1) is 0 Å². The molecular formula is C29H41F5Li2N2O3Si2. The van der Waals surface area contributed by atoms with Crippen molar-refractivity contribution in [1.82, 2.24) is 9.97 Å². The zero-order chi connectivity index (χ0) is 32.6. The minimum absolute atomic E-state index is 0. The number of hydrogen-bond donors (Lipinski definition) is 1. The van der Waals surface area contributed by atoms with Gasteiger partial charge in [-0.3, -0.25) is 0 Å². The fraction of sp³-hybridized carbons (Fsp3) is 0.586. The molecule has 1 unspecified atom stereocenters. The van der Waals surface area contributed by atoms with E-state index in [-0.39, 0.29) is 53.9 Å². The van der Waals surface area contributed by atoms with Crippen molar-refractivity contribution >= 4 is 27.5 Å². The molecular weight excluding hydrogens is 589 g/mol. The van der Waals surface area contributed by atoms with Gasteiger partial charge in [0.2, 0.25) is 0 Å². The fourth-order valence-electron chi connectivity index (χ4n) is 2.61. The summed E-state index contributed by atoms with van der Waals surface area (Å²) < 4.78 is 75.3. The molecule has 0 amide bonds. The second-order valence-electron chi connectivity index (χ2n) is 12.4. The summed E-state index contributed by atoms with van der Waals surface area (Å²) in [7, 11) is -3.24. The van der Waals surface area contributed by atoms with Crippen LogP contribution in [0.5, 0.6) is 0 Å². The molecule has 0 bridgehead atoms. The van der Waals surface area contributed by atoms with Crippen LogP contribution in [0.15, 0.2) is 16.9 Å². The number of nitrogens with one attached hydrogen (secondary N) is 1. The molecule has 1 atom stereocenters. The summed E-state index contributed by atoms with van der Waals surface area (Å²) in [6, 6.07) is 1.41. The van der Waals surface area contributed by atoms with E-state index in [1.54, 1.807) is 0 Å². The third-order valence-corrected chi connectivity index (χ3v) is 16.1. The molecule has 2 aromatic rings. The Morgan fingerprint density at radius 1 is 0.953 bits per heavy atom. The second-order valence-corrected chi connectivity index (χ2v) is 21.9. The minimum atomic E-state index is -5.00. The number of alkyl halides is 3. The molecule has 0 aliphatic carbocycles. The van der Waals surface area contributed by atoms with E-state index in [4.69, 9.17) is 21.7 Å². The molecule has 230 valence electrons. The molecule has 0 saturated carbocycles. The fourth-order valence-corrected chi connectivity index (χ4v) is 4.95. The quantitative estimate of drug-likeness (QED) is 0.181. The van der Waals surface area contributed by atoms with Gasteiger partial charge < -0.3 is 38.5 Å². The number of rotatable bonds is 5. The first kappa shape index (κ1) is 46.1. The summed E-state index contributed by atoms with van der Waals surface area (Å²) in [5.74, 6) is 1.55. The smallest absolute Gasteiger partial charge is 0.694 e. The molecule has 2 rings (SSSR count). The predicted octanol–water partition coefficient (Wildman–Crippen LogP) is 2.20. The molecule has 14 heteroatoms. The van der Waals surface area contributed by atoms with Crippen molar-refractivity contribution in [2.24, 2.45) is 0 Å². The Balaban J connectivity index is -0.000000561. The molecule has 0 aliphatic heterocycles. The first-order valence-electron chi connectivity index (χ1n) is 12.9. The van der Waals surface area contributed by atoms with Gasteiger partial charge >= 0.3 is 49.6 Å². The normalized spacial score (nSPS) is 12.6. The molecule has 43 heavy (non-hydrogen) atoms. The topological polar surface area (TPSA) is 64.2 Å². The van der Waals surface area contributed by atoms with Gasteiger partial charge in [0.25, 0.3) is 0 Å². The van der Waals surface area contributed by atoms with Gasteiger partial charge in [0, 0.05) is 6.61 Å². The maximum Gasteiger partial charge on any atom is 1.00 e. The van der Waals surface area contributed by atoms with Crippen molar-refractivity contribution in [2.45, 2.75) is 103 Å². The van der Waals surface area contributed by atoms with Crippen LogP contribution >= 0.6 is 0 Å². The number of hydrogen-bond acceptors (Lipinski definition) is 4. The van der Waals surface area contributed by atoms with Crippen molar-refractivity contribution in [2.75, 3.05) is 6.61 Å². The van der Waals surface area contributed by atoms with Gasteiger partial charge in [0.15, 0.2) is 28.3 Å². The number of nitrogens with zero attached hydrogens (tertiary/aromatic N) is 1. The number of benzene rings is 1. The number of aromatic nitrogens is 2. The maximum atomic E-state index is 13.3. The van der Waals surface area contributed by atoms with E-state index < -0.39 is 56.7 Å². The number of H-pyrrole nitrogens is 1. The van der Waals surface area contributed by atoms with Crippen LogP contribution in [0.25, 0.3) is 10.9 Å². The second kappa shape index (κ2) is 18.0. The zero-order valence-electron chi connectivity index (χ0n) is 27.7. The molecule has 1 aromatic carbocycles. The van der Waals surface area contributed by atoms with Crippen LogP contribution in [0.2, 0.25) is 36.3 Å². The molecule has 1 heterocycles. The largest absolute Gasteiger partial charge is 1.00 e. The van der Waals surface area contributed by atoms with Crippen molar-refractivity contribution in [3.05, 3.63) is 52.8 Å². The first-order valence-corrected chi connectivity index (χ1v) is 18.7. The van der Waals surface area contributed by atoms with E-state index in [9.17, 15) is 26.7 Å².